The predicted molar refractivity (Wildman–Crippen MR) is 50.6 cm³/mol. The van der Waals surface area contributed by atoms with Crippen LogP contribution in [0.25, 0.3) is 0 Å². The highest BCUT2D eigenvalue weighted by atomic mass is 15.0. The molecule has 1 aromatic rings. The van der Waals surface area contributed by atoms with E-state index in [1.807, 2.05) is 18.2 Å². The minimum atomic E-state index is -0.136. The zero-order chi connectivity index (χ0) is 9.03. The van der Waals surface area contributed by atoms with Gasteiger partial charge in [-0.2, -0.15) is 0 Å². The van der Waals surface area contributed by atoms with E-state index in [0.717, 1.165) is 5.69 Å². The smallest absolute Gasteiger partial charge is 0.0734 e. The Morgan fingerprint density at radius 1 is 1.50 bits per heavy atom. The van der Waals surface area contributed by atoms with Crippen molar-refractivity contribution in [2.45, 2.75) is 19.4 Å². The third kappa shape index (κ3) is 1.84. The van der Waals surface area contributed by atoms with Gasteiger partial charge in [-0.3, -0.25) is 4.98 Å². The van der Waals surface area contributed by atoms with Crippen molar-refractivity contribution in [1.29, 1.82) is 0 Å². The van der Waals surface area contributed by atoms with Gasteiger partial charge in [0, 0.05) is 6.20 Å². The number of hydrogen-bond acceptors (Lipinski definition) is 2. The molecule has 0 fully saturated rings. The maximum Gasteiger partial charge on any atom is 0.0734 e. The minimum absolute atomic E-state index is 0.136. The molecule has 0 amide bonds. The standard InChI is InChI=1S/C10H14N2/c1-4-12-10(2,3)9-7-5-6-8-11-9/h4-8,12H,1H2,2-3H3. The predicted octanol–water partition coefficient (Wildman–Crippen LogP) is 2.05. The lowest BCUT2D eigenvalue weighted by Crippen LogP contribution is -2.33. The van der Waals surface area contributed by atoms with Crippen LogP contribution in [-0.4, -0.2) is 4.98 Å². The van der Waals surface area contributed by atoms with Crippen molar-refractivity contribution in [2.75, 3.05) is 0 Å². The molecule has 0 atom stereocenters. The highest BCUT2D eigenvalue weighted by Crippen LogP contribution is 2.16. The summed E-state index contributed by atoms with van der Waals surface area (Å²) in [4.78, 5) is 4.26. The van der Waals surface area contributed by atoms with Crippen molar-refractivity contribution < 1.29 is 0 Å². The second-order valence-corrected chi connectivity index (χ2v) is 3.19. The Kier molecular flexibility index (Phi) is 2.48. The second kappa shape index (κ2) is 3.39. The molecule has 2 heteroatoms. The Labute approximate surface area is 73.3 Å². The third-order valence-corrected chi connectivity index (χ3v) is 1.77. The van der Waals surface area contributed by atoms with Crippen LogP contribution in [0.4, 0.5) is 0 Å². The van der Waals surface area contributed by atoms with Crippen LogP contribution in [0.2, 0.25) is 0 Å². The van der Waals surface area contributed by atoms with Crippen molar-refractivity contribution >= 4 is 0 Å². The average Bonchev–Trinajstić information content (AvgIpc) is 2.06. The van der Waals surface area contributed by atoms with Crippen LogP contribution in [-0.2, 0) is 5.54 Å². The van der Waals surface area contributed by atoms with Gasteiger partial charge in [0.05, 0.1) is 11.2 Å². The lowest BCUT2D eigenvalue weighted by atomic mass is 10.0. The molecule has 0 saturated carbocycles. The first-order chi connectivity index (χ1) is 5.67. The molecule has 2 nitrogen and oxygen atoms in total. The molecule has 0 radical (unpaired) electrons. The Hall–Kier alpha value is -1.31. The maximum atomic E-state index is 4.26. The van der Waals surface area contributed by atoms with Crippen molar-refractivity contribution in [2.24, 2.45) is 0 Å². The van der Waals surface area contributed by atoms with E-state index in [1.54, 1.807) is 12.4 Å². The summed E-state index contributed by atoms with van der Waals surface area (Å²) in [5.41, 5.74) is 0.883. The summed E-state index contributed by atoms with van der Waals surface area (Å²) in [6, 6.07) is 5.89. The van der Waals surface area contributed by atoms with Crippen LogP contribution < -0.4 is 5.32 Å². The molecule has 1 aromatic heterocycles. The summed E-state index contributed by atoms with van der Waals surface area (Å²) in [7, 11) is 0. The van der Waals surface area contributed by atoms with Gasteiger partial charge in [0.25, 0.3) is 0 Å². The summed E-state index contributed by atoms with van der Waals surface area (Å²) >= 11 is 0. The van der Waals surface area contributed by atoms with E-state index in [0.29, 0.717) is 0 Å². The van der Waals surface area contributed by atoms with Crippen LogP contribution in [0.15, 0.2) is 37.2 Å². The van der Waals surface area contributed by atoms with Gasteiger partial charge in [0.2, 0.25) is 0 Å². The van der Waals surface area contributed by atoms with Gasteiger partial charge < -0.3 is 5.32 Å². The Balaban J connectivity index is 2.89. The minimum Gasteiger partial charge on any atom is -0.381 e. The second-order valence-electron chi connectivity index (χ2n) is 3.19. The SMILES string of the molecule is C=CNC(C)(C)c1ccccn1. The number of rotatable bonds is 3. The van der Waals surface area contributed by atoms with E-state index in [9.17, 15) is 0 Å². The molecule has 1 heterocycles. The highest BCUT2D eigenvalue weighted by molar-refractivity contribution is 5.13. The number of hydrogen-bond donors (Lipinski definition) is 1. The summed E-state index contributed by atoms with van der Waals surface area (Å²) in [6.45, 7) is 7.77. The Morgan fingerprint density at radius 2 is 2.25 bits per heavy atom. The molecule has 0 unspecified atom stereocenters. The molecule has 0 bridgehead atoms. The summed E-state index contributed by atoms with van der Waals surface area (Å²) < 4.78 is 0. The van der Waals surface area contributed by atoms with Crippen molar-refractivity contribution in [1.82, 2.24) is 10.3 Å². The fraction of sp³-hybridized carbons (Fsp3) is 0.300. The molecular formula is C10H14N2. The zero-order valence-electron chi connectivity index (χ0n) is 7.54. The highest BCUT2D eigenvalue weighted by Gasteiger charge is 2.18. The lowest BCUT2D eigenvalue weighted by Gasteiger charge is -2.24. The van der Waals surface area contributed by atoms with Crippen LogP contribution in [0.3, 0.4) is 0 Å². The molecule has 64 valence electrons. The molecule has 0 aliphatic heterocycles. The largest absolute Gasteiger partial charge is 0.381 e. The van der Waals surface area contributed by atoms with E-state index in [1.165, 1.54) is 0 Å². The molecule has 0 aliphatic rings. The van der Waals surface area contributed by atoms with Gasteiger partial charge in [-0.25, -0.2) is 0 Å². The van der Waals surface area contributed by atoms with E-state index in [-0.39, 0.29) is 5.54 Å². The van der Waals surface area contributed by atoms with Gasteiger partial charge in [0.1, 0.15) is 0 Å². The summed E-state index contributed by atoms with van der Waals surface area (Å²) in [6.07, 6.45) is 3.48. The van der Waals surface area contributed by atoms with Crippen LogP contribution in [0.1, 0.15) is 19.5 Å². The van der Waals surface area contributed by atoms with Gasteiger partial charge in [-0.1, -0.05) is 12.6 Å². The molecule has 0 aromatic carbocycles. The van der Waals surface area contributed by atoms with Gasteiger partial charge in [-0.05, 0) is 32.2 Å². The molecule has 0 aliphatic carbocycles. The fourth-order valence-electron chi connectivity index (χ4n) is 1.06. The lowest BCUT2D eigenvalue weighted by molar-refractivity contribution is 0.452. The first kappa shape index (κ1) is 8.78. The van der Waals surface area contributed by atoms with E-state index in [2.05, 4.69) is 30.7 Å². The maximum absolute atomic E-state index is 4.26. The van der Waals surface area contributed by atoms with E-state index >= 15 is 0 Å². The van der Waals surface area contributed by atoms with Crippen LogP contribution in [0.5, 0.6) is 0 Å². The third-order valence-electron chi connectivity index (χ3n) is 1.77. The van der Waals surface area contributed by atoms with E-state index in [4.69, 9.17) is 0 Å². The first-order valence-electron chi connectivity index (χ1n) is 3.97. The normalized spacial score (nSPS) is 10.8. The molecule has 12 heavy (non-hydrogen) atoms. The number of nitrogens with one attached hydrogen (secondary N) is 1. The Morgan fingerprint density at radius 3 is 2.75 bits per heavy atom. The molecule has 1 N–H and O–H groups in total. The van der Waals surface area contributed by atoms with Gasteiger partial charge in [0.15, 0.2) is 0 Å². The first-order valence-corrected chi connectivity index (χ1v) is 3.97. The van der Waals surface area contributed by atoms with Crippen molar-refractivity contribution in [3.8, 4) is 0 Å². The van der Waals surface area contributed by atoms with Crippen molar-refractivity contribution in [3.05, 3.63) is 42.9 Å². The van der Waals surface area contributed by atoms with E-state index < -0.39 is 0 Å². The number of aromatic nitrogens is 1. The molecule has 1 rings (SSSR count). The summed E-state index contributed by atoms with van der Waals surface area (Å²) in [5.74, 6) is 0. The molecule has 0 saturated heterocycles. The quantitative estimate of drug-likeness (QED) is 0.735. The van der Waals surface area contributed by atoms with Crippen LogP contribution in [0, 0.1) is 0 Å². The average molecular weight is 162 g/mol. The zero-order valence-corrected chi connectivity index (χ0v) is 7.54. The van der Waals surface area contributed by atoms with Gasteiger partial charge in [-0.15, -0.1) is 0 Å². The van der Waals surface area contributed by atoms with Gasteiger partial charge >= 0.3 is 0 Å². The summed E-state index contributed by atoms with van der Waals surface area (Å²) in [5, 5.41) is 3.14. The number of pyridine rings is 1. The van der Waals surface area contributed by atoms with Crippen LogP contribution >= 0.6 is 0 Å². The fourth-order valence-corrected chi connectivity index (χ4v) is 1.06. The number of nitrogens with zero attached hydrogens (tertiary/aromatic N) is 1. The van der Waals surface area contributed by atoms with Crippen molar-refractivity contribution in [3.63, 3.8) is 0 Å². The molecular weight excluding hydrogens is 148 g/mol. The monoisotopic (exact) mass is 162 g/mol. The topological polar surface area (TPSA) is 24.9 Å². The Bertz CT molecular complexity index is 252. The molecule has 0 spiro atoms.